The van der Waals surface area contributed by atoms with Crippen LogP contribution >= 0.6 is 50.9 Å². The molecule has 12 nitrogen and oxygen atoms in total. The van der Waals surface area contributed by atoms with Crippen LogP contribution in [0, 0.1) is 68.5 Å². The zero-order valence-electron chi connectivity index (χ0n) is 43.0. The number of halogens is 8. The Morgan fingerprint density at radius 1 is 0.718 bits per heavy atom. The van der Waals surface area contributed by atoms with E-state index >= 15 is 17.6 Å². The Morgan fingerprint density at radius 2 is 1.10 bits per heavy atom. The minimum absolute atomic E-state index is 0.0488. The fourth-order valence-corrected chi connectivity index (χ4v) is 18.0. The lowest BCUT2D eigenvalue weighted by atomic mass is 9.44. The molecule has 0 radical (unpaired) electrons. The first-order valence-electron chi connectivity index (χ1n) is 26.0. The van der Waals surface area contributed by atoms with Gasteiger partial charge in [0, 0.05) is 55.4 Å². The van der Waals surface area contributed by atoms with Gasteiger partial charge in [-0.2, -0.15) is 5.26 Å². The maximum Gasteiger partial charge on any atom is 0.339 e. The first-order chi connectivity index (χ1) is 36.7. The molecule has 2 heterocycles. The van der Waals surface area contributed by atoms with E-state index in [4.69, 9.17) is 32.9 Å². The Hall–Kier alpha value is -4.13. The highest BCUT2D eigenvalue weighted by atomic mass is 79.9. The zero-order chi connectivity index (χ0) is 56.5. The number of allylic oxidation sites excluding steroid dienone is 8. The topological polar surface area (TPSA) is 178 Å². The quantitative estimate of drug-likeness (QED) is 0.191. The van der Waals surface area contributed by atoms with Crippen LogP contribution in [0.5, 0.6) is 0 Å². The van der Waals surface area contributed by atoms with Gasteiger partial charge in [0.25, 0.3) is 0 Å². The number of thioether (sulfide) groups is 1. The molecule has 78 heavy (non-hydrogen) atoms. The highest BCUT2D eigenvalue weighted by molar-refractivity contribution is 9.09. The van der Waals surface area contributed by atoms with Crippen LogP contribution in [-0.4, -0.2) is 109 Å². The zero-order valence-corrected chi connectivity index (χ0v) is 46.9. The average molecular weight is 1210 g/mol. The molecule has 418 valence electrons. The number of nitrogens with zero attached hydrogens (tertiary/aromatic N) is 3. The molecule has 12 rings (SSSR count). The van der Waals surface area contributed by atoms with Crippen LogP contribution in [-0.2, 0) is 28.9 Å². The van der Waals surface area contributed by atoms with Crippen molar-refractivity contribution in [3.8, 4) is 6.07 Å². The standard InChI is InChI=1S/C29H29ClF2N2O4S.C27H28ClF2NO5.CH2BrF/c1-26-8-7-19(35)12-22(26)23(31)13-21-20-11-16-15-34(18-5-3-17(30)4-6-18)38-29(16,25(37)39-10-9-33)27(20,2)14-24(36)28(21,26)32;1-24-8-7-17(32)10-20(24)21(29)11-19-18-9-14-13-31(16-5-3-15(28)4-6-16)36-27(14,23(34)35)25(18,2)12-22(33)26(19,24)30;2-1-3/h3-8,12,16,20-21,23-24,36H,10-11,13-15H2,1-2H3;3-8,10,14,18-19,21-22,33H,9,11-13H2,1-2H3,(H,34,35);1H2/t16-,20-,21-,23-,24-,26-,27-,28-,29-;14-,18-,19-,21-,22-,24-,25-,26-,27-;/m00./s1. The largest absolute Gasteiger partial charge is 0.479 e. The molecule has 2 aromatic carbocycles. The van der Waals surface area contributed by atoms with Gasteiger partial charge in [0.05, 0.1) is 48.5 Å². The van der Waals surface area contributed by atoms with E-state index in [1.165, 1.54) is 42.4 Å². The third kappa shape index (κ3) is 7.75. The number of rotatable bonds is 5. The van der Waals surface area contributed by atoms with Gasteiger partial charge in [-0.15, -0.1) is 0 Å². The summed E-state index contributed by atoms with van der Waals surface area (Å²) in [6.45, 7) is 7.28. The molecule has 3 N–H and O–H groups in total. The molecule has 21 heteroatoms. The van der Waals surface area contributed by atoms with E-state index < -0.39 is 121 Å². The van der Waals surface area contributed by atoms with E-state index in [1.807, 2.05) is 13.0 Å². The van der Waals surface area contributed by atoms with Crippen LogP contribution < -0.4 is 10.1 Å². The average Bonchev–Trinajstić information content (AvgIpc) is 3.77. The number of ketones is 2. The number of alkyl halides is 6. The summed E-state index contributed by atoms with van der Waals surface area (Å²) in [5.41, 5.74) is -11.8. The van der Waals surface area contributed by atoms with Gasteiger partial charge in [-0.3, -0.25) is 34.2 Å². The lowest BCUT2D eigenvalue weighted by Gasteiger charge is -2.63. The van der Waals surface area contributed by atoms with Crippen molar-refractivity contribution in [2.75, 3.05) is 34.6 Å². The first-order valence-corrected chi connectivity index (χ1v) is 28.8. The van der Waals surface area contributed by atoms with Crippen molar-refractivity contribution in [3.63, 3.8) is 0 Å². The van der Waals surface area contributed by atoms with Crippen LogP contribution in [0.15, 0.2) is 96.1 Å². The summed E-state index contributed by atoms with van der Waals surface area (Å²) in [4.78, 5) is 63.8. The van der Waals surface area contributed by atoms with Crippen molar-refractivity contribution in [1.82, 2.24) is 0 Å². The van der Waals surface area contributed by atoms with Gasteiger partial charge in [0.2, 0.25) is 10.7 Å². The predicted octanol–water partition coefficient (Wildman–Crippen LogP) is 10.9. The van der Waals surface area contributed by atoms with E-state index in [0.29, 0.717) is 40.8 Å². The molecule has 8 fully saturated rings. The summed E-state index contributed by atoms with van der Waals surface area (Å²) in [6, 6.07) is 15.9. The van der Waals surface area contributed by atoms with Gasteiger partial charge in [0.15, 0.2) is 28.5 Å². The number of aliphatic carboxylic acids is 1. The smallest absolute Gasteiger partial charge is 0.339 e. The molecular formula is C57H59BrCl2F5N3O9S. The summed E-state index contributed by atoms with van der Waals surface area (Å²) < 4.78 is 76.3. The second-order valence-corrected chi connectivity index (χ2v) is 25.7. The van der Waals surface area contributed by atoms with Crippen molar-refractivity contribution in [3.05, 3.63) is 106 Å². The predicted molar refractivity (Wildman–Crippen MR) is 286 cm³/mol. The number of aliphatic hydroxyl groups is 2. The first kappa shape index (κ1) is 57.1. The highest BCUT2D eigenvalue weighted by Crippen LogP contribution is 2.75. The van der Waals surface area contributed by atoms with Crippen LogP contribution in [0.1, 0.15) is 66.2 Å². The molecule has 0 aromatic heterocycles. The molecule has 2 saturated heterocycles. The fourth-order valence-electron chi connectivity index (χ4n) is 16.9. The number of carboxylic acid groups (broad SMARTS) is 1. The van der Waals surface area contributed by atoms with Crippen LogP contribution in [0.2, 0.25) is 10.0 Å². The number of carbonyl (C=O) groups is 4. The highest BCUT2D eigenvalue weighted by Gasteiger charge is 2.82. The van der Waals surface area contributed by atoms with E-state index in [1.54, 1.807) is 67.4 Å². The van der Waals surface area contributed by atoms with Crippen LogP contribution in [0.25, 0.3) is 0 Å². The van der Waals surface area contributed by atoms with Gasteiger partial charge >= 0.3 is 5.97 Å². The Morgan fingerprint density at radius 3 is 1.50 bits per heavy atom. The minimum atomic E-state index is -2.25. The number of benzene rings is 2. The monoisotopic (exact) mass is 1210 g/mol. The summed E-state index contributed by atoms with van der Waals surface area (Å²) in [6.07, 6.45) is 1.40. The SMILES string of the molecule is C[C@]12C=CC(=O)C=C1[C@@H](F)C[C@H]1[C@@H]3C[C@H]4CN(c5ccc(Cl)cc5)O[C@@]4(C(=O)O)[C@@]3(C)C[C@H](O)[C@@]12F.C[C@]12C=CC(=O)C=C1[C@@H](F)C[C@H]1[C@@H]3C[C@H]4CN(c5ccc(Cl)cc5)O[C@@]4(C(=O)SCC#N)[C@@]3(C)C[C@H](O)[C@@]12F.FCBr. The Bertz CT molecular complexity index is 2990. The van der Waals surface area contributed by atoms with Crippen molar-refractivity contribution < 1.29 is 66.1 Å². The molecule has 6 saturated carbocycles. The minimum Gasteiger partial charge on any atom is -0.479 e. The van der Waals surface area contributed by atoms with Crippen molar-refractivity contribution in [1.29, 1.82) is 5.26 Å². The second kappa shape index (κ2) is 19.8. The number of hydrogen-bond acceptors (Lipinski definition) is 12. The molecule has 2 aromatic rings. The van der Waals surface area contributed by atoms with Gasteiger partial charge in [0.1, 0.15) is 17.9 Å². The second-order valence-electron chi connectivity index (χ2n) is 23.5. The molecule has 8 aliphatic carbocycles. The lowest BCUT2D eigenvalue weighted by molar-refractivity contribution is -0.233. The molecule has 0 unspecified atom stereocenters. The molecule has 18 atom stereocenters. The van der Waals surface area contributed by atoms with Crippen molar-refractivity contribution in [2.45, 2.75) is 113 Å². The fraction of sp³-hybridized carbons (Fsp3) is 0.561. The van der Waals surface area contributed by atoms with Crippen molar-refractivity contribution >= 4 is 84.9 Å². The molecule has 10 aliphatic rings. The van der Waals surface area contributed by atoms with Gasteiger partial charge in [-0.1, -0.05) is 76.9 Å². The van der Waals surface area contributed by atoms with Gasteiger partial charge < -0.3 is 15.3 Å². The number of fused-ring (bicyclic) bond motifs is 14. The number of hydrogen-bond donors (Lipinski definition) is 3. The number of carbonyl (C=O) groups excluding carboxylic acids is 3. The normalized spacial score (nSPS) is 44.0. The summed E-state index contributed by atoms with van der Waals surface area (Å²) in [5.74, 6) is -5.79. The van der Waals surface area contributed by atoms with Gasteiger partial charge in [-0.05, 0) is 148 Å². The van der Waals surface area contributed by atoms with Crippen LogP contribution in [0.3, 0.4) is 0 Å². The summed E-state index contributed by atoms with van der Waals surface area (Å²) >= 11 is 15.4. The summed E-state index contributed by atoms with van der Waals surface area (Å²) in [7, 11) is 0. The molecule has 0 amide bonds. The number of nitriles is 1. The van der Waals surface area contributed by atoms with E-state index in [-0.39, 0.29) is 60.2 Å². The third-order valence-electron chi connectivity index (χ3n) is 20.4. The maximum atomic E-state index is 17.5. The van der Waals surface area contributed by atoms with E-state index in [0.717, 1.165) is 17.8 Å². The number of anilines is 2. The lowest BCUT2D eigenvalue weighted by Crippen LogP contribution is -2.70. The summed E-state index contributed by atoms with van der Waals surface area (Å²) in [5, 5.41) is 46.8. The van der Waals surface area contributed by atoms with E-state index in [2.05, 4.69) is 15.9 Å². The Labute approximate surface area is 471 Å². The third-order valence-corrected chi connectivity index (χ3v) is 21.7. The van der Waals surface area contributed by atoms with E-state index in [9.17, 15) is 44.2 Å². The molecular weight excluding hydrogens is 1150 g/mol. The molecule has 2 aliphatic heterocycles. The van der Waals surface area contributed by atoms with Crippen molar-refractivity contribution in [2.24, 2.45) is 57.2 Å². The number of hydroxylamine groups is 2. The Balaban J connectivity index is 0.000000169. The molecule has 0 bridgehead atoms. The Kier molecular flexibility index (Phi) is 14.5. The van der Waals surface area contributed by atoms with Gasteiger partial charge in [-0.25, -0.2) is 26.7 Å². The number of carboxylic acids is 1. The molecule has 0 spiro atoms. The number of aliphatic hydroxyl groups excluding tert-OH is 2. The maximum absolute atomic E-state index is 17.5. The van der Waals surface area contributed by atoms with Crippen LogP contribution in [0.4, 0.5) is 33.3 Å².